The standard InChI is InChI=1S/C22H25N3O6/c1-28-18-9-14-6-8-25(12-15(14)10-19(18)29-2)22(27)23-7-5-21(26)24-16-3-4-17-20(11-16)31-13-30-17/h3-4,9-11H,5-8,12-13H2,1-2H3,(H,23,27)(H,24,26). The molecule has 0 atom stereocenters. The highest BCUT2D eigenvalue weighted by atomic mass is 16.7. The van der Waals surface area contributed by atoms with Gasteiger partial charge < -0.3 is 34.5 Å². The Morgan fingerprint density at radius 1 is 1.03 bits per heavy atom. The number of ether oxygens (including phenoxy) is 4. The smallest absolute Gasteiger partial charge is 0.317 e. The molecule has 2 aliphatic rings. The van der Waals surface area contributed by atoms with E-state index >= 15 is 0 Å². The van der Waals surface area contributed by atoms with Gasteiger partial charge in [-0.15, -0.1) is 0 Å². The summed E-state index contributed by atoms with van der Waals surface area (Å²) < 4.78 is 21.3. The van der Waals surface area contributed by atoms with Crippen LogP contribution in [0.25, 0.3) is 0 Å². The number of anilines is 1. The predicted octanol–water partition coefficient (Wildman–Crippen LogP) is 2.53. The molecule has 2 N–H and O–H groups in total. The minimum Gasteiger partial charge on any atom is -0.493 e. The second-order valence-electron chi connectivity index (χ2n) is 7.25. The Morgan fingerprint density at radius 2 is 1.77 bits per heavy atom. The average Bonchev–Trinajstić information content (AvgIpc) is 3.25. The molecule has 0 radical (unpaired) electrons. The van der Waals surface area contributed by atoms with Gasteiger partial charge in [-0.25, -0.2) is 4.79 Å². The van der Waals surface area contributed by atoms with Crippen LogP contribution in [-0.2, 0) is 17.8 Å². The summed E-state index contributed by atoms with van der Waals surface area (Å²) in [6, 6.07) is 8.89. The fraction of sp³-hybridized carbons (Fsp3) is 0.364. The highest BCUT2D eigenvalue weighted by Crippen LogP contribution is 2.34. The van der Waals surface area contributed by atoms with Crippen molar-refractivity contribution in [3.63, 3.8) is 0 Å². The zero-order valence-electron chi connectivity index (χ0n) is 17.5. The molecule has 2 aliphatic heterocycles. The van der Waals surface area contributed by atoms with E-state index < -0.39 is 0 Å². The van der Waals surface area contributed by atoms with Crippen LogP contribution in [0.15, 0.2) is 30.3 Å². The van der Waals surface area contributed by atoms with Crippen LogP contribution in [-0.4, -0.2) is 50.9 Å². The topological polar surface area (TPSA) is 98.4 Å². The Morgan fingerprint density at radius 3 is 2.55 bits per heavy atom. The number of nitrogens with one attached hydrogen (secondary N) is 2. The molecule has 2 aromatic carbocycles. The summed E-state index contributed by atoms with van der Waals surface area (Å²) in [6.45, 7) is 1.49. The van der Waals surface area contributed by atoms with Crippen molar-refractivity contribution in [2.24, 2.45) is 0 Å². The number of hydrogen-bond acceptors (Lipinski definition) is 6. The molecule has 9 nitrogen and oxygen atoms in total. The first-order valence-electron chi connectivity index (χ1n) is 10.0. The third-order valence-electron chi connectivity index (χ3n) is 5.29. The van der Waals surface area contributed by atoms with Gasteiger partial charge in [0, 0.05) is 37.8 Å². The lowest BCUT2D eigenvalue weighted by molar-refractivity contribution is -0.116. The Labute approximate surface area is 180 Å². The number of hydrogen-bond donors (Lipinski definition) is 2. The van der Waals surface area contributed by atoms with E-state index in [1.165, 1.54) is 0 Å². The molecule has 0 fully saturated rings. The zero-order chi connectivity index (χ0) is 21.8. The Hall–Kier alpha value is -3.62. The van der Waals surface area contributed by atoms with Crippen LogP contribution >= 0.6 is 0 Å². The SMILES string of the molecule is COc1cc2c(cc1OC)CN(C(=O)NCCC(=O)Nc1ccc3c(c1)OCO3)CC2. The van der Waals surface area contributed by atoms with Crippen LogP contribution in [0.4, 0.5) is 10.5 Å². The summed E-state index contributed by atoms with van der Waals surface area (Å²) >= 11 is 0. The number of urea groups is 1. The van der Waals surface area contributed by atoms with Crippen molar-refractivity contribution in [3.8, 4) is 23.0 Å². The van der Waals surface area contributed by atoms with Crippen LogP contribution in [0, 0.1) is 0 Å². The van der Waals surface area contributed by atoms with Crippen LogP contribution in [0.5, 0.6) is 23.0 Å². The van der Waals surface area contributed by atoms with Gasteiger partial charge in [-0.2, -0.15) is 0 Å². The normalized spacial score (nSPS) is 13.9. The molecular weight excluding hydrogens is 402 g/mol. The first-order chi connectivity index (χ1) is 15.1. The van der Waals surface area contributed by atoms with Gasteiger partial charge in [0.1, 0.15) is 0 Å². The fourth-order valence-corrected chi connectivity index (χ4v) is 3.65. The van der Waals surface area contributed by atoms with E-state index in [4.69, 9.17) is 18.9 Å². The van der Waals surface area contributed by atoms with E-state index in [2.05, 4.69) is 10.6 Å². The third kappa shape index (κ3) is 4.60. The molecule has 3 amide bonds. The molecule has 0 spiro atoms. The van der Waals surface area contributed by atoms with Crippen LogP contribution < -0.4 is 29.6 Å². The highest BCUT2D eigenvalue weighted by molar-refractivity contribution is 5.91. The Kier molecular flexibility index (Phi) is 6.01. The van der Waals surface area contributed by atoms with Gasteiger partial charge in [-0.3, -0.25) is 4.79 Å². The molecular formula is C22H25N3O6. The Balaban J connectivity index is 1.26. The van der Waals surface area contributed by atoms with Gasteiger partial charge in [-0.1, -0.05) is 0 Å². The maximum Gasteiger partial charge on any atom is 0.317 e. The molecule has 9 heteroatoms. The van der Waals surface area contributed by atoms with Gasteiger partial charge in [0.15, 0.2) is 23.0 Å². The quantitative estimate of drug-likeness (QED) is 0.735. The van der Waals surface area contributed by atoms with E-state index in [0.717, 1.165) is 17.5 Å². The molecule has 4 rings (SSSR count). The summed E-state index contributed by atoms with van der Waals surface area (Å²) in [5.74, 6) is 2.39. The van der Waals surface area contributed by atoms with Gasteiger partial charge in [0.2, 0.25) is 12.7 Å². The van der Waals surface area contributed by atoms with Crippen molar-refractivity contribution in [2.75, 3.05) is 39.4 Å². The minimum absolute atomic E-state index is 0.162. The second kappa shape index (κ2) is 9.03. The lowest BCUT2D eigenvalue weighted by Crippen LogP contribution is -2.43. The summed E-state index contributed by atoms with van der Waals surface area (Å²) in [6.07, 6.45) is 0.892. The number of benzene rings is 2. The largest absolute Gasteiger partial charge is 0.493 e. The van der Waals surface area contributed by atoms with Crippen LogP contribution in [0.1, 0.15) is 17.5 Å². The number of fused-ring (bicyclic) bond motifs is 2. The molecule has 0 bridgehead atoms. The van der Waals surface area contributed by atoms with E-state index in [1.54, 1.807) is 37.3 Å². The molecule has 0 aromatic heterocycles. The molecule has 2 heterocycles. The molecule has 0 unspecified atom stereocenters. The van der Waals surface area contributed by atoms with Crippen molar-refractivity contribution in [1.29, 1.82) is 0 Å². The summed E-state index contributed by atoms with van der Waals surface area (Å²) in [5, 5.41) is 5.61. The second-order valence-corrected chi connectivity index (χ2v) is 7.25. The molecule has 0 saturated heterocycles. The van der Waals surface area contributed by atoms with E-state index in [0.29, 0.717) is 41.8 Å². The lowest BCUT2D eigenvalue weighted by atomic mass is 9.99. The number of carbonyl (C=O) groups excluding carboxylic acids is 2. The molecule has 31 heavy (non-hydrogen) atoms. The maximum atomic E-state index is 12.5. The molecule has 164 valence electrons. The number of methoxy groups -OCH3 is 2. The van der Waals surface area contributed by atoms with Crippen LogP contribution in [0.2, 0.25) is 0 Å². The van der Waals surface area contributed by atoms with Gasteiger partial charge >= 0.3 is 6.03 Å². The van der Waals surface area contributed by atoms with E-state index in [1.807, 2.05) is 12.1 Å². The number of rotatable bonds is 6. The highest BCUT2D eigenvalue weighted by Gasteiger charge is 2.23. The predicted molar refractivity (Wildman–Crippen MR) is 113 cm³/mol. The fourth-order valence-electron chi connectivity index (χ4n) is 3.65. The maximum absolute atomic E-state index is 12.5. The van der Waals surface area contributed by atoms with Crippen molar-refractivity contribution in [2.45, 2.75) is 19.4 Å². The minimum atomic E-state index is -0.198. The monoisotopic (exact) mass is 427 g/mol. The Bertz CT molecular complexity index is 993. The van der Waals surface area contributed by atoms with E-state index in [9.17, 15) is 9.59 Å². The molecule has 0 saturated carbocycles. The summed E-state index contributed by atoms with van der Waals surface area (Å²) in [5.41, 5.74) is 2.79. The molecule has 0 aliphatic carbocycles. The van der Waals surface area contributed by atoms with Crippen molar-refractivity contribution >= 4 is 17.6 Å². The van der Waals surface area contributed by atoms with E-state index in [-0.39, 0.29) is 31.7 Å². The van der Waals surface area contributed by atoms with Gasteiger partial charge in [-0.05, 0) is 41.8 Å². The molecule has 2 aromatic rings. The lowest BCUT2D eigenvalue weighted by Gasteiger charge is -2.29. The van der Waals surface area contributed by atoms with Crippen LogP contribution in [0.3, 0.4) is 0 Å². The van der Waals surface area contributed by atoms with Gasteiger partial charge in [0.25, 0.3) is 0 Å². The average molecular weight is 427 g/mol. The summed E-state index contributed by atoms with van der Waals surface area (Å²) in [4.78, 5) is 26.5. The first kappa shape index (κ1) is 20.6. The van der Waals surface area contributed by atoms with Gasteiger partial charge in [0.05, 0.1) is 14.2 Å². The van der Waals surface area contributed by atoms with Crippen molar-refractivity contribution in [3.05, 3.63) is 41.5 Å². The van der Waals surface area contributed by atoms with Crippen molar-refractivity contribution < 1.29 is 28.5 Å². The van der Waals surface area contributed by atoms with Crippen molar-refractivity contribution in [1.82, 2.24) is 10.2 Å². The number of carbonyl (C=O) groups is 2. The first-order valence-corrected chi connectivity index (χ1v) is 10.0. The number of nitrogens with zero attached hydrogens (tertiary/aromatic N) is 1. The number of amides is 3. The third-order valence-corrected chi connectivity index (χ3v) is 5.29. The zero-order valence-corrected chi connectivity index (χ0v) is 17.5. The summed E-state index contributed by atoms with van der Waals surface area (Å²) in [7, 11) is 3.20.